The van der Waals surface area contributed by atoms with Crippen LogP contribution in [0.4, 0.5) is 0 Å². The number of nitrogens with zero attached hydrogens (tertiary/aromatic N) is 5. The van der Waals surface area contributed by atoms with Crippen LogP contribution in [0.2, 0.25) is 0 Å². The Balaban J connectivity index is 0.874. The lowest BCUT2D eigenvalue weighted by Crippen LogP contribution is -1.97. The van der Waals surface area contributed by atoms with Crippen molar-refractivity contribution < 1.29 is 4.42 Å². The smallest absolute Gasteiger partial charge is 0.145 e. The number of imidazole rings is 2. The minimum absolute atomic E-state index is 0.904. The third-order valence-corrected chi connectivity index (χ3v) is 14.9. The zero-order valence-electron chi connectivity index (χ0n) is 37.8. The lowest BCUT2D eigenvalue weighted by atomic mass is 9.97. The Morgan fingerprint density at radius 3 is 1.56 bits per heavy atom. The van der Waals surface area contributed by atoms with E-state index in [0.717, 1.165) is 135 Å². The molecule has 6 nitrogen and oxygen atoms in total. The van der Waals surface area contributed by atoms with Gasteiger partial charge in [-0.2, -0.15) is 0 Å². The molecule has 7 heteroatoms. The molecule has 0 radical (unpaired) electrons. The van der Waals surface area contributed by atoms with E-state index < -0.39 is 0 Å². The molecule has 0 fully saturated rings. The maximum absolute atomic E-state index is 6.48. The lowest BCUT2D eigenvalue weighted by Gasteiger charge is -2.12. The quantitative estimate of drug-likeness (QED) is 0.152. The van der Waals surface area contributed by atoms with Crippen molar-refractivity contribution in [2.75, 3.05) is 0 Å². The van der Waals surface area contributed by atoms with Crippen LogP contribution in [0.15, 0.2) is 223 Å². The zero-order valence-corrected chi connectivity index (χ0v) is 38.6. The second-order valence-corrected chi connectivity index (χ2v) is 18.8. The molecule has 4 heterocycles. The summed E-state index contributed by atoms with van der Waals surface area (Å²) in [4.78, 5) is 15.8. The molecule has 14 rings (SSSR count). The summed E-state index contributed by atoms with van der Waals surface area (Å²) in [6, 6.07) is 75.1. The van der Waals surface area contributed by atoms with E-state index in [9.17, 15) is 0 Å². The number of aryl methyl sites for hydroxylation is 1. The summed E-state index contributed by atoms with van der Waals surface area (Å²) in [5.41, 5.74) is 19.3. The molecule has 70 heavy (non-hydrogen) atoms. The Morgan fingerprint density at radius 2 is 0.943 bits per heavy atom. The van der Waals surface area contributed by atoms with Crippen molar-refractivity contribution in [1.82, 2.24) is 24.1 Å². The first-order valence-electron chi connectivity index (χ1n) is 23.7. The first-order valence-corrected chi connectivity index (χ1v) is 24.5. The van der Waals surface area contributed by atoms with Crippen molar-refractivity contribution in [1.29, 1.82) is 0 Å². The van der Waals surface area contributed by atoms with Crippen molar-refractivity contribution in [3.8, 4) is 78.1 Å². The van der Waals surface area contributed by atoms with E-state index in [1.165, 1.54) is 10.9 Å². The van der Waals surface area contributed by atoms with Gasteiger partial charge in [-0.25, -0.2) is 15.0 Å². The molecule has 330 valence electrons. The molecule has 0 atom stereocenters. The van der Waals surface area contributed by atoms with Crippen LogP contribution in [-0.4, -0.2) is 24.1 Å². The SMILES string of the molecule is C1=Cc2oc3c(-c4ccc(-c5nc6c(-c7ccc(-c8nc9ccccc9n8-c8ccccc8)cc7)ccc(-c7ccc(-c8nc9ccccc9n8-c8ccccc8)cc7)c6s5)cc4)cccc3c2CC1. The van der Waals surface area contributed by atoms with E-state index in [0.29, 0.717) is 0 Å². The fourth-order valence-corrected chi connectivity index (χ4v) is 11.5. The summed E-state index contributed by atoms with van der Waals surface area (Å²) in [6.07, 6.45) is 6.37. The Kier molecular flexibility index (Phi) is 9.42. The minimum atomic E-state index is 0.904. The maximum Gasteiger partial charge on any atom is 0.145 e. The number of para-hydroxylation sites is 7. The molecular weight excluding hydrogens is 875 g/mol. The van der Waals surface area contributed by atoms with Gasteiger partial charge in [0.1, 0.15) is 28.0 Å². The average Bonchev–Trinajstić information content (AvgIpc) is 4.24. The van der Waals surface area contributed by atoms with Crippen molar-refractivity contribution in [2.24, 2.45) is 0 Å². The van der Waals surface area contributed by atoms with E-state index in [1.807, 2.05) is 18.2 Å². The minimum Gasteiger partial charge on any atom is -0.456 e. The van der Waals surface area contributed by atoms with Gasteiger partial charge in [-0.1, -0.05) is 170 Å². The number of fused-ring (bicyclic) bond motifs is 6. The summed E-state index contributed by atoms with van der Waals surface area (Å²) in [5, 5.41) is 2.17. The topological polar surface area (TPSA) is 61.7 Å². The van der Waals surface area contributed by atoms with Crippen LogP contribution in [0.25, 0.3) is 127 Å². The van der Waals surface area contributed by atoms with Gasteiger partial charge in [-0.15, -0.1) is 11.3 Å². The van der Waals surface area contributed by atoms with Gasteiger partial charge < -0.3 is 4.42 Å². The molecule has 0 aliphatic heterocycles. The summed E-state index contributed by atoms with van der Waals surface area (Å²) in [7, 11) is 0. The number of benzene rings is 9. The van der Waals surface area contributed by atoms with Gasteiger partial charge in [0, 0.05) is 55.7 Å². The highest BCUT2D eigenvalue weighted by atomic mass is 32.1. The van der Waals surface area contributed by atoms with Crippen LogP contribution in [0.5, 0.6) is 0 Å². The summed E-state index contributed by atoms with van der Waals surface area (Å²) >= 11 is 1.74. The number of hydrogen-bond donors (Lipinski definition) is 0. The monoisotopic (exact) mass is 915 g/mol. The van der Waals surface area contributed by atoms with Gasteiger partial charge in [0.15, 0.2) is 0 Å². The van der Waals surface area contributed by atoms with Gasteiger partial charge in [-0.05, 0) is 84.1 Å². The Labute approximate surface area is 407 Å². The van der Waals surface area contributed by atoms with E-state index in [-0.39, 0.29) is 0 Å². The van der Waals surface area contributed by atoms with E-state index in [1.54, 1.807) is 11.3 Å². The third-order valence-electron chi connectivity index (χ3n) is 13.7. The molecule has 0 bridgehead atoms. The molecule has 0 amide bonds. The molecule has 1 aliphatic rings. The van der Waals surface area contributed by atoms with Crippen LogP contribution in [0.3, 0.4) is 0 Å². The number of thiazole rings is 1. The summed E-state index contributed by atoms with van der Waals surface area (Å²) in [5.74, 6) is 2.79. The van der Waals surface area contributed by atoms with Crippen LogP contribution < -0.4 is 0 Å². The second-order valence-electron chi connectivity index (χ2n) is 17.8. The molecule has 13 aromatic rings. The molecule has 4 aromatic heterocycles. The number of allylic oxidation sites excluding steroid dienone is 1. The Morgan fingerprint density at radius 1 is 0.429 bits per heavy atom. The van der Waals surface area contributed by atoms with Gasteiger partial charge in [0.05, 0.1) is 32.3 Å². The summed E-state index contributed by atoms with van der Waals surface area (Å²) < 4.78 is 12.1. The normalized spacial score (nSPS) is 12.4. The van der Waals surface area contributed by atoms with Gasteiger partial charge in [0.2, 0.25) is 0 Å². The van der Waals surface area contributed by atoms with Gasteiger partial charge >= 0.3 is 0 Å². The molecule has 1 aliphatic carbocycles. The van der Waals surface area contributed by atoms with Gasteiger partial charge in [0.25, 0.3) is 0 Å². The predicted octanol–water partition coefficient (Wildman–Crippen LogP) is 16.7. The molecule has 0 saturated heterocycles. The number of rotatable bonds is 8. The highest BCUT2D eigenvalue weighted by Gasteiger charge is 2.21. The maximum atomic E-state index is 6.48. The molecular formula is C63H41N5OS. The fraction of sp³-hybridized carbons (Fsp3) is 0.0317. The van der Waals surface area contributed by atoms with Gasteiger partial charge in [-0.3, -0.25) is 9.13 Å². The molecule has 0 N–H and O–H groups in total. The van der Waals surface area contributed by atoms with E-state index >= 15 is 0 Å². The largest absolute Gasteiger partial charge is 0.456 e. The molecule has 0 unspecified atom stereocenters. The lowest BCUT2D eigenvalue weighted by molar-refractivity contribution is 0.596. The molecule has 9 aromatic carbocycles. The van der Waals surface area contributed by atoms with Crippen LogP contribution in [0, 0.1) is 0 Å². The number of aromatic nitrogens is 5. The van der Waals surface area contributed by atoms with Crippen molar-refractivity contribution in [2.45, 2.75) is 12.8 Å². The first-order chi connectivity index (χ1) is 34.7. The number of furan rings is 1. The van der Waals surface area contributed by atoms with E-state index in [2.05, 4.69) is 215 Å². The summed E-state index contributed by atoms with van der Waals surface area (Å²) in [6.45, 7) is 0. The Bertz CT molecular complexity index is 3940. The van der Waals surface area contributed by atoms with Crippen molar-refractivity contribution in [3.63, 3.8) is 0 Å². The highest BCUT2D eigenvalue weighted by molar-refractivity contribution is 7.22. The van der Waals surface area contributed by atoms with Crippen LogP contribution >= 0.6 is 11.3 Å². The Hall–Kier alpha value is -8.91. The van der Waals surface area contributed by atoms with Crippen LogP contribution in [-0.2, 0) is 6.42 Å². The average molecular weight is 916 g/mol. The van der Waals surface area contributed by atoms with Crippen molar-refractivity contribution in [3.05, 3.63) is 230 Å². The number of hydrogen-bond acceptors (Lipinski definition) is 5. The van der Waals surface area contributed by atoms with Crippen LogP contribution in [0.1, 0.15) is 17.7 Å². The highest BCUT2D eigenvalue weighted by Crippen LogP contribution is 2.44. The molecule has 0 spiro atoms. The fourth-order valence-electron chi connectivity index (χ4n) is 10.3. The third kappa shape index (κ3) is 6.66. The zero-order chi connectivity index (χ0) is 46.1. The predicted molar refractivity (Wildman–Crippen MR) is 289 cm³/mol. The second kappa shape index (κ2) is 16.4. The van der Waals surface area contributed by atoms with E-state index in [4.69, 9.17) is 19.4 Å². The molecule has 0 saturated carbocycles. The standard InChI is InChI=1S/C63H41N5OS/c1-3-14-46(15-4-1)67-55-23-10-8-21-53(55)64-61(67)43-32-26-40(27-33-43)48-38-39-50(42-28-34-44(35-29-42)62-65-54-22-9-11-24-56(54)68(62)47-16-5-2-6-17-47)60-58(48)66-63(70-60)45-36-30-41(31-37-45)49-19-13-20-52-51-18-7-12-25-57(51)69-59(49)52/h1-6,8-17,19-39H,7,18H2. The first kappa shape index (κ1) is 40.2. The van der Waals surface area contributed by atoms with Crippen molar-refractivity contribution >= 4 is 60.7 Å².